The maximum absolute atomic E-state index is 11.7. The fourth-order valence-electron chi connectivity index (χ4n) is 3.43. The number of hydrogen-bond acceptors (Lipinski definition) is 4. The number of ether oxygens (including phenoxy) is 1. The number of amides is 1. The van der Waals surface area contributed by atoms with E-state index in [1.165, 1.54) is 0 Å². The topological polar surface area (TPSA) is 45.7 Å². The van der Waals surface area contributed by atoms with Gasteiger partial charge in [-0.15, -0.1) is 0 Å². The molecule has 0 bridgehead atoms. The third kappa shape index (κ3) is 3.24. The molecule has 0 radical (unpaired) electrons. The largest absolute Gasteiger partial charge is 0.371 e. The highest BCUT2D eigenvalue weighted by molar-refractivity contribution is 5.77. The zero-order valence-electron chi connectivity index (χ0n) is 12.8. The van der Waals surface area contributed by atoms with Crippen molar-refractivity contribution in [1.82, 2.24) is 14.8 Å². The molecule has 5 nitrogen and oxygen atoms in total. The molecule has 114 valence electrons. The standard InChI is InChI=1S/C16H23N3O2/c1-13-4-3-5-14(17-13)8-19-7-6-16(11-19)10-18(2)15(20)9-21-12-16/h3-5H,6-12H2,1-2H3. The van der Waals surface area contributed by atoms with Crippen LogP contribution in [0.5, 0.6) is 0 Å². The highest BCUT2D eigenvalue weighted by Gasteiger charge is 2.41. The molecule has 1 aromatic heterocycles. The maximum Gasteiger partial charge on any atom is 0.248 e. The first-order valence-electron chi connectivity index (χ1n) is 7.53. The number of carbonyl (C=O) groups is 1. The van der Waals surface area contributed by atoms with Crippen molar-refractivity contribution >= 4 is 5.91 Å². The van der Waals surface area contributed by atoms with E-state index in [-0.39, 0.29) is 17.9 Å². The molecule has 1 atom stereocenters. The molecule has 1 spiro atoms. The summed E-state index contributed by atoms with van der Waals surface area (Å²) in [5.74, 6) is 0.0886. The van der Waals surface area contributed by atoms with Crippen molar-refractivity contribution in [3.05, 3.63) is 29.6 Å². The molecule has 21 heavy (non-hydrogen) atoms. The van der Waals surface area contributed by atoms with E-state index in [1.807, 2.05) is 24.9 Å². The molecule has 3 rings (SSSR count). The number of rotatable bonds is 2. The summed E-state index contributed by atoms with van der Waals surface area (Å²) >= 11 is 0. The Balaban J connectivity index is 1.65. The van der Waals surface area contributed by atoms with E-state index in [4.69, 9.17) is 4.74 Å². The number of likely N-dealkylation sites (tertiary alicyclic amines) is 1. The van der Waals surface area contributed by atoms with Gasteiger partial charge < -0.3 is 9.64 Å². The van der Waals surface area contributed by atoms with Crippen LogP contribution in [0.25, 0.3) is 0 Å². The second kappa shape index (κ2) is 5.73. The van der Waals surface area contributed by atoms with E-state index < -0.39 is 0 Å². The Hall–Kier alpha value is -1.46. The van der Waals surface area contributed by atoms with Crippen LogP contribution >= 0.6 is 0 Å². The summed E-state index contributed by atoms with van der Waals surface area (Å²) < 4.78 is 5.60. The normalized spacial score (nSPS) is 27.3. The van der Waals surface area contributed by atoms with Crippen molar-refractivity contribution in [3.8, 4) is 0 Å². The Labute approximate surface area is 125 Å². The van der Waals surface area contributed by atoms with E-state index in [1.54, 1.807) is 0 Å². The Morgan fingerprint density at radius 2 is 2.24 bits per heavy atom. The van der Waals surface area contributed by atoms with Gasteiger partial charge in [0.15, 0.2) is 0 Å². The fourth-order valence-corrected chi connectivity index (χ4v) is 3.43. The Bertz CT molecular complexity index is 534. The molecule has 1 aromatic rings. The Morgan fingerprint density at radius 3 is 3.05 bits per heavy atom. The van der Waals surface area contributed by atoms with Crippen molar-refractivity contribution in [2.45, 2.75) is 19.9 Å². The molecule has 0 N–H and O–H groups in total. The van der Waals surface area contributed by atoms with Crippen molar-refractivity contribution in [2.24, 2.45) is 5.41 Å². The SMILES string of the molecule is Cc1cccc(CN2CCC3(COCC(=O)N(C)C3)C2)n1. The van der Waals surface area contributed by atoms with E-state index >= 15 is 0 Å². The van der Waals surface area contributed by atoms with E-state index in [9.17, 15) is 4.79 Å². The van der Waals surface area contributed by atoms with Gasteiger partial charge >= 0.3 is 0 Å². The van der Waals surface area contributed by atoms with Gasteiger partial charge in [0.25, 0.3) is 0 Å². The zero-order chi connectivity index (χ0) is 14.9. The number of aromatic nitrogens is 1. The number of carbonyl (C=O) groups excluding carboxylic acids is 1. The highest BCUT2D eigenvalue weighted by atomic mass is 16.5. The van der Waals surface area contributed by atoms with E-state index in [0.717, 1.165) is 44.0 Å². The van der Waals surface area contributed by atoms with Crippen LogP contribution in [0.3, 0.4) is 0 Å². The number of aryl methyl sites for hydroxylation is 1. The Morgan fingerprint density at radius 1 is 1.38 bits per heavy atom. The number of pyridine rings is 1. The van der Waals surface area contributed by atoms with Gasteiger partial charge in [0.2, 0.25) is 5.91 Å². The summed E-state index contributed by atoms with van der Waals surface area (Å²) in [6.07, 6.45) is 1.08. The van der Waals surface area contributed by atoms with Gasteiger partial charge in [-0.2, -0.15) is 0 Å². The molecule has 0 aromatic carbocycles. The summed E-state index contributed by atoms with van der Waals surface area (Å²) in [6.45, 7) is 6.61. The molecule has 2 saturated heterocycles. The molecular weight excluding hydrogens is 266 g/mol. The number of likely N-dealkylation sites (N-methyl/N-ethyl adjacent to an activating group) is 1. The number of hydrogen-bond donors (Lipinski definition) is 0. The van der Waals surface area contributed by atoms with Crippen molar-refractivity contribution in [3.63, 3.8) is 0 Å². The molecule has 0 aliphatic carbocycles. The smallest absolute Gasteiger partial charge is 0.248 e. The van der Waals surface area contributed by atoms with Crippen LogP contribution in [0.1, 0.15) is 17.8 Å². The van der Waals surface area contributed by atoms with E-state index in [2.05, 4.69) is 22.0 Å². The monoisotopic (exact) mass is 289 g/mol. The minimum Gasteiger partial charge on any atom is -0.371 e. The lowest BCUT2D eigenvalue weighted by Gasteiger charge is -2.30. The van der Waals surface area contributed by atoms with Crippen LogP contribution in [0.2, 0.25) is 0 Å². The first kappa shape index (κ1) is 14.5. The van der Waals surface area contributed by atoms with Crippen LogP contribution in [-0.4, -0.2) is 60.6 Å². The summed E-state index contributed by atoms with van der Waals surface area (Å²) in [6, 6.07) is 6.16. The quantitative estimate of drug-likeness (QED) is 0.817. The van der Waals surface area contributed by atoms with Crippen LogP contribution in [0, 0.1) is 12.3 Å². The molecule has 0 saturated carbocycles. The number of nitrogens with zero attached hydrogens (tertiary/aromatic N) is 3. The average molecular weight is 289 g/mol. The minimum atomic E-state index is 0.0880. The predicted molar refractivity (Wildman–Crippen MR) is 79.8 cm³/mol. The fraction of sp³-hybridized carbons (Fsp3) is 0.625. The van der Waals surface area contributed by atoms with Crippen LogP contribution in [-0.2, 0) is 16.1 Å². The lowest BCUT2D eigenvalue weighted by Crippen LogP contribution is -2.40. The third-order valence-corrected chi connectivity index (χ3v) is 4.48. The van der Waals surface area contributed by atoms with Crippen molar-refractivity contribution < 1.29 is 9.53 Å². The zero-order valence-corrected chi connectivity index (χ0v) is 12.8. The maximum atomic E-state index is 11.7. The van der Waals surface area contributed by atoms with Crippen molar-refractivity contribution in [2.75, 3.05) is 39.9 Å². The average Bonchev–Trinajstić information content (AvgIpc) is 2.75. The first-order valence-corrected chi connectivity index (χ1v) is 7.53. The molecule has 1 unspecified atom stereocenters. The van der Waals surface area contributed by atoms with Gasteiger partial charge in [0.1, 0.15) is 6.61 Å². The molecule has 5 heteroatoms. The predicted octanol–water partition coefficient (Wildman–Crippen LogP) is 1.07. The molecule has 2 aliphatic heterocycles. The van der Waals surface area contributed by atoms with E-state index in [0.29, 0.717) is 6.61 Å². The molecular formula is C16H23N3O2. The molecule has 3 heterocycles. The van der Waals surface area contributed by atoms with Gasteiger partial charge in [-0.25, -0.2) is 0 Å². The van der Waals surface area contributed by atoms with Gasteiger partial charge in [-0.1, -0.05) is 6.07 Å². The lowest BCUT2D eigenvalue weighted by atomic mass is 9.88. The summed E-state index contributed by atoms with van der Waals surface area (Å²) in [7, 11) is 1.88. The molecule has 2 fully saturated rings. The van der Waals surface area contributed by atoms with Crippen molar-refractivity contribution in [1.29, 1.82) is 0 Å². The summed E-state index contributed by atoms with van der Waals surface area (Å²) in [5.41, 5.74) is 2.26. The Kier molecular flexibility index (Phi) is 3.95. The summed E-state index contributed by atoms with van der Waals surface area (Å²) in [5, 5.41) is 0. The van der Waals surface area contributed by atoms with Gasteiger partial charge in [-0.05, 0) is 32.0 Å². The minimum absolute atomic E-state index is 0.0880. The second-order valence-corrected chi connectivity index (χ2v) is 6.47. The van der Waals surface area contributed by atoms with Crippen LogP contribution < -0.4 is 0 Å². The summed E-state index contributed by atoms with van der Waals surface area (Å²) in [4.78, 5) is 20.6. The first-order chi connectivity index (χ1) is 10.1. The molecule has 2 aliphatic rings. The van der Waals surface area contributed by atoms with Gasteiger partial charge in [-0.3, -0.25) is 14.7 Å². The lowest BCUT2D eigenvalue weighted by molar-refractivity contribution is -0.132. The van der Waals surface area contributed by atoms with Gasteiger partial charge in [0.05, 0.1) is 12.3 Å². The second-order valence-electron chi connectivity index (χ2n) is 6.47. The van der Waals surface area contributed by atoms with Gasteiger partial charge in [0, 0.05) is 37.8 Å². The third-order valence-electron chi connectivity index (χ3n) is 4.48. The highest BCUT2D eigenvalue weighted by Crippen LogP contribution is 2.33. The molecule has 1 amide bonds. The van der Waals surface area contributed by atoms with Crippen LogP contribution in [0.4, 0.5) is 0 Å². The van der Waals surface area contributed by atoms with Crippen LogP contribution in [0.15, 0.2) is 18.2 Å².